The van der Waals surface area contributed by atoms with Crippen LogP contribution in [0.5, 0.6) is 0 Å². The number of fused-ring (bicyclic) bond motifs is 1. The Labute approximate surface area is 197 Å². The second-order valence-electron chi connectivity index (χ2n) is 7.12. The predicted molar refractivity (Wildman–Crippen MR) is 117 cm³/mol. The van der Waals surface area contributed by atoms with Crippen LogP contribution in [0.15, 0.2) is 64.1 Å². The summed E-state index contributed by atoms with van der Waals surface area (Å²) in [4.78, 5) is 21.7. The number of carbonyl (C=O) groups excluding carboxylic acids is 1. The minimum absolute atomic E-state index is 0.0239. The maximum Gasteiger partial charge on any atom is 0.416 e. The smallest absolute Gasteiger partial charge is 0.321 e. The van der Waals surface area contributed by atoms with E-state index in [2.05, 4.69) is 15.3 Å². The lowest BCUT2D eigenvalue weighted by molar-refractivity contribution is -0.143. The molecule has 4 nitrogen and oxygen atoms in total. The van der Waals surface area contributed by atoms with Crippen molar-refractivity contribution in [2.75, 3.05) is 5.32 Å². The van der Waals surface area contributed by atoms with E-state index in [1.807, 2.05) is 12.3 Å². The number of para-hydroxylation sites is 1. The molecule has 4 aromatic rings. The highest BCUT2D eigenvalue weighted by Gasteiger charge is 2.37. The summed E-state index contributed by atoms with van der Waals surface area (Å²) < 4.78 is 79.7. The van der Waals surface area contributed by atoms with E-state index in [-0.39, 0.29) is 11.8 Å². The minimum atomic E-state index is -5.05. The van der Waals surface area contributed by atoms with Crippen LogP contribution in [0.4, 0.5) is 32.0 Å². The zero-order valence-electron chi connectivity index (χ0n) is 17.1. The number of rotatable bonds is 4. The first-order valence-corrected chi connectivity index (χ1v) is 11.2. The first-order valence-electron chi connectivity index (χ1n) is 9.50. The van der Waals surface area contributed by atoms with E-state index in [0.29, 0.717) is 22.1 Å². The van der Waals surface area contributed by atoms with Crippen LogP contribution >= 0.6 is 23.1 Å². The highest BCUT2D eigenvalue weighted by atomic mass is 32.2. The van der Waals surface area contributed by atoms with Gasteiger partial charge in [-0.05, 0) is 48.2 Å². The summed E-state index contributed by atoms with van der Waals surface area (Å²) in [7, 11) is 0. The Morgan fingerprint density at radius 3 is 2.26 bits per heavy atom. The number of nitrogens with zero attached hydrogens (tertiary/aromatic N) is 2. The Kier molecular flexibility index (Phi) is 6.30. The summed E-state index contributed by atoms with van der Waals surface area (Å²) in [6, 6.07) is 7.17. The van der Waals surface area contributed by atoms with Crippen LogP contribution < -0.4 is 5.32 Å². The highest BCUT2D eigenvalue weighted by Crippen LogP contribution is 2.39. The number of nitrogens with one attached hydrogen (secondary N) is 1. The van der Waals surface area contributed by atoms with Crippen LogP contribution in [-0.4, -0.2) is 15.9 Å². The molecule has 0 spiro atoms. The van der Waals surface area contributed by atoms with Crippen LogP contribution in [0.3, 0.4) is 0 Å². The molecule has 1 amide bonds. The minimum Gasteiger partial charge on any atom is -0.321 e. The number of aryl methyl sites for hydroxylation is 1. The van der Waals surface area contributed by atoms with Gasteiger partial charge in [0.05, 0.1) is 27.0 Å². The van der Waals surface area contributed by atoms with Gasteiger partial charge >= 0.3 is 12.4 Å². The number of thiophene rings is 1. The predicted octanol–water partition coefficient (Wildman–Crippen LogP) is 7.44. The van der Waals surface area contributed by atoms with E-state index < -0.39 is 35.0 Å². The lowest BCUT2D eigenvalue weighted by Crippen LogP contribution is -2.17. The van der Waals surface area contributed by atoms with Gasteiger partial charge in [0.1, 0.15) is 11.4 Å². The molecule has 2 aromatic heterocycles. The Balaban J connectivity index is 1.67. The monoisotopic (exact) mass is 513 g/mol. The zero-order valence-corrected chi connectivity index (χ0v) is 18.7. The molecule has 0 unspecified atom stereocenters. The topological polar surface area (TPSA) is 54.9 Å². The Morgan fingerprint density at radius 1 is 0.971 bits per heavy atom. The molecule has 0 aliphatic heterocycles. The largest absolute Gasteiger partial charge is 0.416 e. The molecule has 0 bridgehead atoms. The average Bonchev–Trinajstić information content (AvgIpc) is 3.15. The highest BCUT2D eigenvalue weighted by molar-refractivity contribution is 7.99. The number of halogens is 6. The molecule has 2 aromatic carbocycles. The molecule has 0 aliphatic carbocycles. The summed E-state index contributed by atoms with van der Waals surface area (Å²) in [5, 5.41) is 4.94. The van der Waals surface area contributed by atoms with Crippen molar-refractivity contribution in [2.24, 2.45) is 0 Å². The lowest BCUT2D eigenvalue weighted by atomic mass is 10.0. The van der Waals surface area contributed by atoms with Gasteiger partial charge in [0.15, 0.2) is 0 Å². The number of anilines is 1. The Morgan fingerprint density at radius 2 is 1.62 bits per heavy atom. The van der Waals surface area contributed by atoms with Crippen molar-refractivity contribution in [1.82, 2.24) is 9.97 Å². The van der Waals surface area contributed by atoms with Crippen molar-refractivity contribution >= 4 is 44.9 Å². The lowest BCUT2D eigenvalue weighted by Gasteiger charge is -2.15. The molecule has 1 N–H and O–H groups in total. The van der Waals surface area contributed by atoms with Gasteiger partial charge in [-0.3, -0.25) is 4.79 Å². The van der Waals surface area contributed by atoms with Crippen molar-refractivity contribution in [1.29, 1.82) is 0 Å². The number of hydrogen-bond donors (Lipinski definition) is 1. The van der Waals surface area contributed by atoms with Gasteiger partial charge in [0, 0.05) is 10.5 Å². The molecule has 0 atom stereocenters. The molecule has 0 saturated carbocycles. The van der Waals surface area contributed by atoms with E-state index in [9.17, 15) is 31.1 Å². The third-order valence-corrected chi connectivity index (χ3v) is 6.99. The first kappa shape index (κ1) is 24.0. The van der Waals surface area contributed by atoms with Gasteiger partial charge in [0.25, 0.3) is 5.91 Å². The van der Waals surface area contributed by atoms with E-state index in [4.69, 9.17) is 0 Å². The first-order chi connectivity index (χ1) is 15.9. The number of carbonyl (C=O) groups is 1. The third kappa shape index (κ3) is 5.02. The fraction of sp³-hybridized carbons (Fsp3) is 0.136. The van der Waals surface area contributed by atoms with Gasteiger partial charge in [-0.1, -0.05) is 23.9 Å². The number of alkyl halides is 6. The van der Waals surface area contributed by atoms with Crippen molar-refractivity contribution in [2.45, 2.75) is 29.2 Å². The normalized spacial score (nSPS) is 12.2. The molecule has 0 radical (unpaired) electrons. The SMILES string of the molecule is Cc1csc2c(Sc3ccccc3NC(=O)c3cc(C(F)(F)F)cc(C(F)(F)F)c3)ncnc12. The van der Waals surface area contributed by atoms with Gasteiger partial charge in [-0.15, -0.1) is 11.3 Å². The maximum atomic E-state index is 13.1. The van der Waals surface area contributed by atoms with Crippen LogP contribution in [0, 0.1) is 6.92 Å². The molecule has 4 rings (SSSR count). The van der Waals surface area contributed by atoms with Gasteiger partial charge in [0.2, 0.25) is 0 Å². The standard InChI is InChI=1S/C22H13F6N3OS2/c1-11-9-33-18-17(11)29-10-30-20(18)34-16-5-3-2-4-15(16)31-19(32)12-6-13(21(23,24)25)8-14(7-12)22(26,27)28/h2-10H,1H3,(H,31,32). The molecular weight excluding hydrogens is 500 g/mol. The third-order valence-electron chi connectivity index (χ3n) is 4.69. The van der Waals surface area contributed by atoms with E-state index in [0.717, 1.165) is 15.8 Å². The van der Waals surface area contributed by atoms with Gasteiger partial charge in [-0.25, -0.2) is 9.97 Å². The van der Waals surface area contributed by atoms with E-state index in [1.165, 1.54) is 35.5 Å². The summed E-state index contributed by atoms with van der Waals surface area (Å²) in [6.45, 7) is 1.90. The maximum absolute atomic E-state index is 13.1. The van der Waals surface area contributed by atoms with Crippen LogP contribution in [0.1, 0.15) is 27.0 Å². The number of benzene rings is 2. The number of amides is 1. The van der Waals surface area contributed by atoms with Crippen LogP contribution in [0.25, 0.3) is 10.2 Å². The molecular formula is C22H13F6N3OS2. The molecule has 0 fully saturated rings. The van der Waals surface area contributed by atoms with Crippen molar-refractivity contribution in [3.63, 3.8) is 0 Å². The van der Waals surface area contributed by atoms with Crippen molar-refractivity contribution < 1.29 is 31.1 Å². The second-order valence-corrected chi connectivity index (χ2v) is 9.03. The fourth-order valence-electron chi connectivity index (χ4n) is 3.06. The Hall–Kier alpha value is -3.12. The quantitative estimate of drug-likeness (QED) is 0.228. The average molecular weight is 513 g/mol. The molecule has 12 heteroatoms. The molecule has 34 heavy (non-hydrogen) atoms. The van der Waals surface area contributed by atoms with Gasteiger partial charge in [-0.2, -0.15) is 26.3 Å². The number of aromatic nitrogens is 2. The Bertz CT molecular complexity index is 1350. The zero-order chi connectivity index (χ0) is 24.7. The molecule has 0 aliphatic rings. The summed E-state index contributed by atoms with van der Waals surface area (Å²) in [5.41, 5.74) is -1.94. The summed E-state index contributed by atoms with van der Waals surface area (Å²) in [5.74, 6) is -1.11. The summed E-state index contributed by atoms with van der Waals surface area (Å²) in [6.07, 6.45) is -8.71. The van der Waals surface area contributed by atoms with Crippen molar-refractivity contribution in [3.05, 3.63) is 76.4 Å². The van der Waals surface area contributed by atoms with Crippen LogP contribution in [0.2, 0.25) is 0 Å². The second kappa shape index (κ2) is 8.91. The number of hydrogen-bond acceptors (Lipinski definition) is 5. The van der Waals surface area contributed by atoms with Crippen molar-refractivity contribution in [3.8, 4) is 0 Å². The van der Waals surface area contributed by atoms with Crippen LogP contribution in [-0.2, 0) is 12.4 Å². The summed E-state index contributed by atoms with van der Waals surface area (Å²) >= 11 is 2.63. The van der Waals surface area contributed by atoms with E-state index in [1.54, 1.807) is 18.2 Å². The fourth-order valence-corrected chi connectivity index (χ4v) is 5.09. The van der Waals surface area contributed by atoms with Gasteiger partial charge < -0.3 is 5.32 Å². The van der Waals surface area contributed by atoms with E-state index >= 15 is 0 Å². The molecule has 0 saturated heterocycles. The molecule has 176 valence electrons. The molecule has 2 heterocycles.